The van der Waals surface area contributed by atoms with Gasteiger partial charge < -0.3 is 24.7 Å². The summed E-state index contributed by atoms with van der Waals surface area (Å²) in [5, 5.41) is 5.47. The molecule has 1 saturated heterocycles. The second kappa shape index (κ2) is 11.8. The standard InChI is InChI=1S/C28H34N4O4/c1-20(2)21-6-8-22(9-7-21)30-28(34)27(33)29-19-25(26-5-4-18-36-26)32-16-14-31(15-17-32)23-10-12-24(35-3)13-11-23/h4-13,18,20,25H,14-17,19H2,1-3H3,(H,29,33)(H,30,34). The summed E-state index contributed by atoms with van der Waals surface area (Å²) < 4.78 is 10.9. The minimum atomic E-state index is -0.685. The zero-order chi connectivity index (χ0) is 25.5. The fourth-order valence-electron chi connectivity index (χ4n) is 4.38. The number of nitrogens with zero attached hydrogens (tertiary/aromatic N) is 2. The van der Waals surface area contributed by atoms with Gasteiger partial charge in [0.05, 0.1) is 19.4 Å². The summed E-state index contributed by atoms with van der Waals surface area (Å²) in [6, 6.07) is 19.2. The first-order valence-corrected chi connectivity index (χ1v) is 12.3. The molecule has 2 aromatic carbocycles. The second-order valence-electron chi connectivity index (χ2n) is 9.19. The van der Waals surface area contributed by atoms with Gasteiger partial charge in [0.15, 0.2) is 0 Å². The highest BCUT2D eigenvalue weighted by Crippen LogP contribution is 2.25. The van der Waals surface area contributed by atoms with E-state index in [1.807, 2.05) is 48.5 Å². The first kappa shape index (κ1) is 25.3. The number of methoxy groups -OCH3 is 1. The summed E-state index contributed by atoms with van der Waals surface area (Å²) in [4.78, 5) is 29.7. The Morgan fingerprint density at radius 3 is 2.22 bits per heavy atom. The van der Waals surface area contributed by atoms with Gasteiger partial charge in [0, 0.05) is 44.1 Å². The number of carbonyl (C=O) groups is 2. The summed E-state index contributed by atoms with van der Waals surface area (Å²) in [7, 11) is 1.66. The van der Waals surface area contributed by atoms with E-state index in [0.717, 1.165) is 43.4 Å². The molecule has 1 fully saturated rings. The van der Waals surface area contributed by atoms with Gasteiger partial charge in [-0.05, 0) is 60.0 Å². The van der Waals surface area contributed by atoms with Crippen LogP contribution in [0.2, 0.25) is 0 Å². The lowest BCUT2D eigenvalue weighted by Crippen LogP contribution is -2.50. The average molecular weight is 491 g/mol. The number of carbonyl (C=O) groups excluding carboxylic acids is 2. The fraction of sp³-hybridized carbons (Fsp3) is 0.357. The molecule has 0 spiro atoms. The van der Waals surface area contributed by atoms with Gasteiger partial charge >= 0.3 is 11.8 Å². The predicted molar refractivity (Wildman–Crippen MR) is 140 cm³/mol. The van der Waals surface area contributed by atoms with Crippen molar-refractivity contribution in [3.63, 3.8) is 0 Å². The fourth-order valence-corrected chi connectivity index (χ4v) is 4.38. The highest BCUT2D eigenvalue weighted by molar-refractivity contribution is 6.39. The molecule has 1 aromatic heterocycles. The molecule has 1 aliphatic heterocycles. The van der Waals surface area contributed by atoms with E-state index < -0.39 is 11.8 Å². The van der Waals surface area contributed by atoms with Crippen molar-refractivity contribution in [2.24, 2.45) is 0 Å². The van der Waals surface area contributed by atoms with E-state index >= 15 is 0 Å². The van der Waals surface area contributed by atoms with Gasteiger partial charge in [-0.1, -0.05) is 26.0 Å². The van der Waals surface area contributed by atoms with Gasteiger partial charge in [-0.3, -0.25) is 14.5 Å². The van der Waals surface area contributed by atoms with Crippen molar-refractivity contribution in [1.29, 1.82) is 0 Å². The highest BCUT2D eigenvalue weighted by Gasteiger charge is 2.28. The topological polar surface area (TPSA) is 87.0 Å². The molecule has 1 atom stereocenters. The Balaban J connectivity index is 1.33. The van der Waals surface area contributed by atoms with Crippen LogP contribution in [0.25, 0.3) is 0 Å². The lowest BCUT2D eigenvalue weighted by Gasteiger charge is -2.39. The Bertz CT molecular complexity index is 1120. The van der Waals surface area contributed by atoms with Crippen molar-refractivity contribution in [2.45, 2.75) is 25.8 Å². The number of hydrogen-bond acceptors (Lipinski definition) is 6. The van der Waals surface area contributed by atoms with E-state index in [-0.39, 0.29) is 12.6 Å². The number of anilines is 2. The summed E-state index contributed by atoms with van der Waals surface area (Å²) >= 11 is 0. The van der Waals surface area contributed by atoms with Crippen LogP contribution in [0.3, 0.4) is 0 Å². The van der Waals surface area contributed by atoms with Gasteiger partial charge in [0.2, 0.25) is 0 Å². The third-order valence-electron chi connectivity index (χ3n) is 6.56. The number of furan rings is 1. The van der Waals surface area contributed by atoms with Gasteiger partial charge in [-0.25, -0.2) is 0 Å². The lowest BCUT2D eigenvalue weighted by molar-refractivity contribution is -0.136. The Morgan fingerprint density at radius 1 is 0.944 bits per heavy atom. The highest BCUT2D eigenvalue weighted by atomic mass is 16.5. The van der Waals surface area contributed by atoms with Crippen LogP contribution in [0.1, 0.15) is 37.1 Å². The van der Waals surface area contributed by atoms with Crippen LogP contribution in [0.5, 0.6) is 5.75 Å². The molecule has 2 heterocycles. The van der Waals surface area contributed by atoms with E-state index in [2.05, 4.69) is 46.4 Å². The summed E-state index contributed by atoms with van der Waals surface area (Å²) in [6.07, 6.45) is 1.63. The largest absolute Gasteiger partial charge is 0.497 e. The van der Waals surface area contributed by atoms with Crippen molar-refractivity contribution >= 4 is 23.2 Å². The number of ether oxygens (including phenoxy) is 1. The maximum absolute atomic E-state index is 12.6. The average Bonchev–Trinajstić information content (AvgIpc) is 3.44. The number of hydrogen-bond donors (Lipinski definition) is 2. The van der Waals surface area contributed by atoms with Crippen LogP contribution in [0.4, 0.5) is 11.4 Å². The van der Waals surface area contributed by atoms with Crippen LogP contribution in [-0.4, -0.2) is 56.5 Å². The lowest BCUT2D eigenvalue weighted by atomic mass is 10.0. The quantitative estimate of drug-likeness (QED) is 0.464. The zero-order valence-corrected chi connectivity index (χ0v) is 21.1. The van der Waals surface area contributed by atoms with Crippen molar-refractivity contribution < 1.29 is 18.7 Å². The maximum atomic E-state index is 12.6. The monoisotopic (exact) mass is 490 g/mol. The maximum Gasteiger partial charge on any atom is 0.313 e. The molecule has 190 valence electrons. The number of rotatable bonds is 8. The molecule has 2 amide bonds. The zero-order valence-electron chi connectivity index (χ0n) is 21.1. The molecule has 0 bridgehead atoms. The van der Waals surface area contributed by atoms with E-state index in [9.17, 15) is 9.59 Å². The van der Waals surface area contributed by atoms with E-state index in [1.54, 1.807) is 13.4 Å². The summed E-state index contributed by atoms with van der Waals surface area (Å²) in [5.74, 6) is 0.640. The molecule has 0 saturated carbocycles. The Morgan fingerprint density at radius 2 is 1.64 bits per heavy atom. The summed E-state index contributed by atoms with van der Waals surface area (Å²) in [5.41, 5.74) is 2.92. The Labute approximate surface area is 212 Å². The van der Waals surface area contributed by atoms with E-state index in [0.29, 0.717) is 11.6 Å². The molecule has 3 aromatic rings. The van der Waals surface area contributed by atoms with E-state index in [4.69, 9.17) is 9.15 Å². The first-order chi connectivity index (χ1) is 17.4. The Kier molecular flexibility index (Phi) is 8.28. The second-order valence-corrected chi connectivity index (χ2v) is 9.19. The van der Waals surface area contributed by atoms with Crippen molar-refractivity contribution in [2.75, 3.05) is 50.1 Å². The van der Waals surface area contributed by atoms with Crippen LogP contribution in [0.15, 0.2) is 71.3 Å². The van der Waals surface area contributed by atoms with Crippen LogP contribution in [-0.2, 0) is 9.59 Å². The van der Waals surface area contributed by atoms with Gasteiger partial charge in [-0.2, -0.15) is 0 Å². The molecule has 8 heteroatoms. The van der Waals surface area contributed by atoms with Gasteiger partial charge in [0.1, 0.15) is 11.5 Å². The number of piperazine rings is 1. The van der Waals surface area contributed by atoms with Crippen molar-refractivity contribution in [1.82, 2.24) is 10.2 Å². The molecule has 0 aliphatic carbocycles. The Hall–Kier alpha value is -3.78. The number of benzene rings is 2. The molecule has 8 nitrogen and oxygen atoms in total. The third kappa shape index (κ3) is 6.26. The SMILES string of the molecule is COc1ccc(N2CCN(C(CNC(=O)C(=O)Nc3ccc(C(C)C)cc3)c3ccco3)CC2)cc1. The smallest absolute Gasteiger partial charge is 0.313 e. The van der Waals surface area contributed by atoms with Gasteiger partial charge in [0.25, 0.3) is 0 Å². The molecule has 36 heavy (non-hydrogen) atoms. The summed E-state index contributed by atoms with van der Waals surface area (Å²) in [6.45, 7) is 7.75. The number of nitrogens with one attached hydrogen (secondary N) is 2. The van der Waals surface area contributed by atoms with Crippen LogP contribution in [0, 0.1) is 0 Å². The molecule has 0 radical (unpaired) electrons. The van der Waals surface area contributed by atoms with Crippen molar-refractivity contribution in [3.8, 4) is 5.75 Å². The van der Waals surface area contributed by atoms with Gasteiger partial charge in [-0.15, -0.1) is 0 Å². The van der Waals surface area contributed by atoms with Crippen molar-refractivity contribution in [3.05, 3.63) is 78.3 Å². The van der Waals surface area contributed by atoms with Crippen LogP contribution < -0.4 is 20.3 Å². The third-order valence-corrected chi connectivity index (χ3v) is 6.56. The molecule has 4 rings (SSSR count). The van der Waals surface area contributed by atoms with E-state index in [1.165, 1.54) is 5.56 Å². The molecule has 1 unspecified atom stereocenters. The molecular formula is C28H34N4O4. The number of amides is 2. The molecule has 2 N–H and O–H groups in total. The predicted octanol–water partition coefficient (Wildman–Crippen LogP) is 4.03. The normalized spacial score (nSPS) is 14.9. The van der Waals surface area contributed by atoms with Crippen LogP contribution >= 0.6 is 0 Å². The molecular weight excluding hydrogens is 456 g/mol. The minimum absolute atomic E-state index is 0.167. The first-order valence-electron chi connectivity index (χ1n) is 12.3. The molecule has 1 aliphatic rings. The minimum Gasteiger partial charge on any atom is -0.497 e.